The van der Waals surface area contributed by atoms with Crippen LogP contribution >= 0.6 is 0 Å². The fourth-order valence-corrected chi connectivity index (χ4v) is 4.73. The molecule has 2 aromatic carbocycles. The van der Waals surface area contributed by atoms with Crippen LogP contribution in [0.2, 0.25) is 0 Å². The van der Waals surface area contributed by atoms with E-state index in [1.54, 1.807) is 6.07 Å². The van der Waals surface area contributed by atoms with Crippen molar-refractivity contribution in [2.45, 2.75) is 57.7 Å². The number of benzene rings is 2. The smallest absolute Gasteiger partial charge is 0.323 e. The molecule has 6 nitrogen and oxygen atoms in total. The highest BCUT2D eigenvalue weighted by atomic mass is 16.5. The number of fused-ring (bicyclic) bond motifs is 4. The molecule has 0 radical (unpaired) electrons. The average Bonchev–Trinajstić information content (AvgIpc) is 3.22. The van der Waals surface area contributed by atoms with Crippen LogP contribution in [0.25, 0.3) is 11.1 Å². The molecule has 160 valence electrons. The summed E-state index contributed by atoms with van der Waals surface area (Å²) in [4.78, 5) is 37.0. The van der Waals surface area contributed by atoms with Crippen molar-refractivity contribution in [2.24, 2.45) is 0 Å². The van der Waals surface area contributed by atoms with Gasteiger partial charge in [0.15, 0.2) is 18.2 Å². The molecular weight excluding hydrogens is 394 g/mol. The third kappa shape index (κ3) is 3.76. The van der Waals surface area contributed by atoms with Crippen LogP contribution < -0.4 is 10.1 Å². The molecule has 2 atom stereocenters. The van der Waals surface area contributed by atoms with E-state index in [-0.39, 0.29) is 30.2 Å². The molecule has 0 amide bonds. The molecule has 5 rings (SSSR count). The minimum atomic E-state index is -0.368. The van der Waals surface area contributed by atoms with Gasteiger partial charge in [-0.15, -0.1) is 0 Å². The van der Waals surface area contributed by atoms with Crippen molar-refractivity contribution in [2.75, 3.05) is 6.61 Å². The molecule has 2 heterocycles. The average molecular weight is 419 g/mol. The van der Waals surface area contributed by atoms with Gasteiger partial charge in [0.25, 0.3) is 0 Å². The molecule has 0 spiro atoms. The first-order chi connectivity index (χ1) is 15.0. The van der Waals surface area contributed by atoms with Crippen LogP contribution in [0.5, 0.6) is 5.75 Å². The van der Waals surface area contributed by atoms with Crippen molar-refractivity contribution >= 4 is 17.5 Å². The Morgan fingerprint density at radius 3 is 2.74 bits per heavy atom. The first-order valence-electron chi connectivity index (χ1n) is 10.9. The van der Waals surface area contributed by atoms with Crippen LogP contribution in [0.3, 0.4) is 0 Å². The zero-order valence-corrected chi connectivity index (χ0v) is 17.5. The third-order valence-corrected chi connectivity index (χ3v) is 6.46. The quantitative estimate of drug-likeness (QED) is 0.602. The van der Waals surface area contributed by atoms with E-state index >= 15 is 0 Å². The first kappa shape index (κ1) is 19.9. The third-order valence-electron chi connectivity index (χ3n) is 6.46. The summed E-state index contributed by atoms with van der Waals surface area (Å²) in [6, 6.07) is 9.39. The summed E-state index contributed by atoms with van der Waals surface area (Å²) in [5.74, 6) is 0.292. The van der Waals surface area contributed by atoms with E-state index in [0.29, 0.717) is 30.4 Å². The number of rotatable bonds is 4. The van der Waals surface area contributed by atoms with Crippen molar-refractivity contribution in [3.8, 4) is 16.9 Å². The maximum atomic E-state index is 12.6. The molecule has 0 saturated carbocycles. The van der Waals surface area contributed by atoms with Crippen molar-refractivity contribution in [3.05, 3.63) is 52.6 Å². The number of ketones is 2. The van der Waals surface area contributed by atoms with Gasteiger partial charge in [-0.3, -0.25) is 14.4 Å². The zero-order valence-electron chi connectivity index (χ0n) is 17.5. The molecule has 2 aromatic rings. The Kier molecular flexibility index (Phi) is 5.10. The van der Waals surface area contributed by atoms with Crippen molar-refractivity contribution in [1.82, 2.24) is 5.32 Å². The number of carbonyl (C=O) groups is 3. The molecule has 0 unspecified atom stereocenters. The second kappa shape index (κ2) is 7.93. The number of hydrogen-bond acceptors (Lipinski definition) is 6. The fraction of sp³-hybridized carbons (Fsp3) is 0.400. The van der Waals surface area contributed by atoms with E-state index in [1.807, 2.05) is 25.1 Å². The van der Waals surface area contributed by atoms with E-state index in [1.165, 1.54) is 0 Å². The monoisotopic (exact) mass is 419 g/mol. The van der Waals surface area contributed by atoms with Crippen LogP contribution in [-0.2, 0) is 22.6 Å². The highest BCUT2D eigenvalue weighted by Gasteiger charge is 2.29. The minimum absolute atomic E-state index is 0.177. The number of Topliss-reactive ketones (excluding diaryl/α,β-unsaturated/α-hetero) is 2. The van der Waals surface area contributed by atoms with Crippen LogP contribution in [0.15, 0.2) is 30.3 Å². The van der Waals surface area contributed by atoms with Gasteiger partial charge in [0, 0.05) is 29.2 Å². The van der Waals surface area contributed by atoms with Gasteiger partial charge in [-0.25, -0.2) is 0 Å². The molecule has 0 bridgehead atoms. The lowest BCUT2D eigenvalue weighted by Gasteiger charge is -2.25. The summed E-state index contributed by atoms with van der Waals surface area (Å²) in [6.07, 6.45) is 4.02. The van der Waals surface area contributed by atoms with Gasteiger partial charge in [-0.1, -0.05) is 12.1 Å². The van der Waals surface area contributed by atoms with Crippen molar-refractivity contribution < 1.29 is 23.9 Å². The van der Waals surface area contributed by atoms with Gasteiger partial charge in [-0.2, -0.15) is 0 Å². The summed E-state index contributed by atoms with van der Waals surface area (Å²) in [7, 11) is 0. The molecule has 1 N–H and O–H groups in total. The lowest BCUT2D eigenvalue weighted by Crippen LogP contribution is -2.36. The summed E-state index contributed by atoms with van der Waals surface area (Å²) < 4.78 is 11.2. The molecule has 1 fully saturated rings. The predicted octanol–water partition coefficient (Wildman–Crippen LogP) is 3.63. The maximum Gasteiger partial charge on any atom is 0.323 e. The van der Waals surface area contributed by atoms with Crippen molar-refractivity contribution in [3.63, 3.8) is 0 Å². The largest absolute Gasteiger partial charge is 0.488 e. The molecule has 31 heavy (non-hydrogen) atoms. The summed E-state index contributed by atoms with van der Waals surface area (Å²) in [5, 5.41) is 3.17. The van der Waals surface area contributed by atoms with E-state index in [9.17, 15) is 14.4 Å². The SMILES string of the molecule is C[C@H]1CC[C@@H](C(=O)OCC(=O)c2ccc3c(c2)COc2cc4c(cc2-3)CCCC4=O)N1. The highest BCUT2D eigenvalue weighted by molar-refractivity contribution is 6.01. The number of aryl methyl sites for hydroxylation is 1. The molecule has 1 saturated heterocycles. The first-order valence-corrected chi connectivity index (χ1v) is 10.9. The lowest BCUT2D eigenvalue weighted by atomic mass is 9.86. The zero-order chi connectivity index (χ0) is 21.5. The van der Waals surface area contributed by atoms with Gasteiger partial charge >= 0.3 is 5.97 Å². The molecule has 1 aliphatic carbocycles. The number of esters is 1. The topological polar surface area (TPSA) is 81.7 Å². The van der Waals surface area contributed by atoms with E-state index < -0.39 is 0 Å². The van der Waals surface area contributed by atoms with Gasteiger partial charge in [0.05, 0.1) is 0 Å². The Labute approximate surface area is 180 Å². The second-order valence-electron chi connectivity index (χ2n) is 8.67. The fourth-order valence-electron chi connectivity index (χ4n) is 4.73. The number of carbonyl (C=O) groups excluding carboxylic acids is 3. The highest BCUT2D eigenvalue weighted by Crippen LogP contribution is 2.41. The normalized spacial score (nSPS) is 21.5. The molecule has 6 heteroatoms. The Hall–Kier alpha value is -2.99. The Morgan fingerprint density at radius 2 is 1.94 bits per heavy atom. The lowest BCUT2D eigenvalue weighted by molar-refractivity contribution is -0.144. The molecule has 0 aromatic heterocycles. The van der Waals surface area contributed by atoms with Gasteiger partial charge in [0.2, 0.25) is 0 Å². The molecular formula is C25H25NO5. The van der Waals surface area contributed by atoms with Crippen LogP contribution in [0, 0.1) is 0 Å². The Morgan fingerprint density at radius 1 is 1.06 bits per heavy atom. The van der Waals surface area contributed by atoms with Crippen LogP contribution in [0.4, 0.5) is 0 Å². The van der Waals surface area contributed by atoms with E-state index in [0.717, 1.165) is 53.5 Å². The molecule has 3 aliphatic rings. The number of hydrogen-bond donors (Lipinski definition) is 1. The number of nitrogens with one attached hydrogen (secondary N) is 1. The Balaban J connectivity index is 1.33. The predicted molar refractivity (Wildman–Crippen MR) is 114 cm³/mol. The van der Waals surface area contributed by atoms with E-state index in [2.05, 4.69) is 11.4 Å². The van der Waals surface area contributed by atoms with Crippen LogP contribution in [-0.4, -0.2) is 36.2 Å². The maximum absolute atomic E-state index is 12.6. The van der Waals surface area contributed by atoms with Crippen molar-refractivity contribution in [1.29, 1.82) is 0 Å². The standard InChI is InChI=1S/C25H25NO5/c1-14-5-8-21(26-14)25(29)31-13-23(28)16-6-7-18-17(9-16)12-30-24-11-19-15(10-20(18)24)3-2-4-22(19)27/h6-7,9-11,14,21,26H,2-5,8,12-13H2,1H3/t14-,21-/m0/s1. The van der Waals surface area contributed by atoms with Crippen LogP contribution in [0.1, 0.15) is 64.4 Å². The molecule has 2 aliphatic heterocycles. The van der Waals surface area contributed by atoms with Gasteiger partial charge < -0.3 is 14.8 Å². The minimum Gasteiger partial charge on any atom is -0.488 e. The summed E-state index contributed by atoms with van der Waals surface area (Å²) in [5.41, 5.74) is 5.22. The van der Waals surface area contributed by atoms with Gasteiger partial charge in [-0.05, 0) is 67.5 Å². The Bertz CT molecular complexity index is 1090. The number of ether oxygens (including phenoxy) is 2. The summed E-state index contributed by atoms with van der Waals surface area (Å²) in [6.45, 7) is 2.09. The van der Waals surface area contributed by atoms with E-state index in [4.69, 9.17) is 9.47 Å². The second-order valence-corrected chi connectivity index (χ2v) is 8.67. The van der Waals surface area contributed by atoms with Gasteiger partial charge in [0.1, 0.15) is 18.4 Å². The summed E-state index contributed by atoms with van der Waals surface area (Å²) >= 11 is 0.